The highest BCUT2D eigenvalue weighted by atomic mass is 32.2. The lowest BCUT2D eigenvalue weighted by molar-refractivity contribution is 0.0955. The molecule has 0 aliphatic heterocycles. The van der Waals surface area contributed by atoms with Gasteiger partial charge in [0.25, 0.3) is 0 Å². The highest BCUT2D eigenvalue weighted by molar-refractivity contribution is 7.98. The number of aromatic nitrogens is 1. The van der Waals surface area contributed by atoms with Crippen molar-refractivity contribution in [2.75, 3.05) is 12.0 Å². The number of thioether (sulfide) groups is 1. The molecule has 0 bridgehead atoms. The summed E-state index contributed by atoms with van der Waals surface area (Å²) in [7, 11) is 0. The molecule has 3 nitrogen and oxygen atoms in total. The molecule has 0 amide bonds. The summed E-state index contributed by atoms with van der Waals surface area (Å²) in [4.78, 5) is 15.6. The molecule has 2 N–H and O–H groups in total. The fourth-order valence-corrected chi connectivity index (χ4v) is 1.56. The molecule has 1 rings (SSSR count). The molecule has 1 aromatic heterocycles. The average molecular weight is 210 g/mol. The van der Waals surface area contributed by atoms with Crippen molar-refractivity contribution >= 4 is 17.5 Å². The van der Waals surface area contributed by atoms with E-state index in [1.165, 1.54) is 0 Å². The van der Waals surface area contributed by atoms with Crippen molar-refractivity contribution in [1.82, 2.24) is 4.98 Å². The molecule has 0 saturated heterocycles. The molecule has 0 fully saturated rings. The van der Waals surface area contributed by atoms with E-state index in [4.69, 9.17) is 5.73 Å². The summed E-state index contributed by atoms with van der Waals surface area (Å²) in [6.45, 7) is 0. The van der Waals surface area contributed by atoms with E-state index in [1.807, 2.05) is 6.26 Å². The third kappa shape index (κ3) is 3.12. The van der Waals surface area contributed by atoms with E-state index in [0.29, 0.717) is 12.1 Å². The summed E-state index contributed by atoms with van der Waals surface area (Å²) in [5, 5.41) is 0. The largest absolute Gasteiger partial charge is 0.321 e. The minimum absolute atomic E-state index is 0.0698. The Morgan fingerprint density at radius 3 is 3.00 bits per heavy atom. The Kier molecular flexibility index (Phi) is 4.62. The van der Waals surface area contributed by atoms with E-state index in [-0.39, 0.29) is 5.78 Å². The Morgan fingerprint density at radius 1 is 1.64 bits per heavy atom. The van der Waals surface area contributed by atoms with Gasteiger partial charge >= 0.3 is 0 Å². The lowest BCUT2D eigenvalue weighted by atomic mass is 10.1. The number of carbonyl (C=O) groups is 1. The number of nitrogens with zero attached hydrogens (tertiary/aromatic N) is 1. The predicted molar refractivity (Wildman–Crippen MR) is 59.5 cm³/mol. The lowest BCUT2D eigenvalue weighted by Gasteiger charge is -2.08. The van der Waals surface area contributed by atoms with Gasteiger partial charge in [0, 0.05) is 6.20 Å². The maximum absolute atomic E-state index is 11.7. The number of nitrogens with two attached hydrogens (primary N) is 1. The second-order valence-corrected chi connectivity index (χ2v) is 3.95. The van der Waals surface area contributed by atoms with Crippen molar-refractivity contribution in [1.29, 1.82) is 0 Å². The van der Waals surface area contributed by atoms with Gasteiger partial charge in [-0.1, -0.05) is 6.07 Å². The fraction of sp³-hybridized carbons (Fsp3) is 0.400. The smallest absolute Gasteiger partial charge is 0.197 e. The minimum atomic E-state index is -0.419. The number of rotatable bonds is 5. The quantitative estimate of drug-likeness (QED) is 0.745. The van der Waals surface area contributed by atoms with Gasteiger partial charge in [0.05, 0.1) is 6.04 Å². The molecule has 1 aromatic rings. The van der Waals surface area contributed by atoms with E-state index in [0.717, 1.165) is 5.75 Å². The second kappa shape index (κ2) is 5.78. The first-order valence-corrected chi connectivity index (χ1v) is 5.85. The maximum atomic E-state index is 11.7. The van der Waals surface area contributed by atoms with Crippen molar-refractivity contribution in [2.24, 2.45) is 5.73 Å². The summed E-state index contributed by atoms with van der Waals surface area (Å²) >= 11 is 1.69. The summed E-state index contributed by atoms with van der Waals surface area (Å²) in [5.41, 5.74) is 6.19. The van der Waals surface area contributed by atoms with Crippen LogP contribution in [0.4, 0.5) is 0 Å². The van der Waals surface area contributed by atoms with Crippen LogP contribution >= 0.6 is 11.8 Å². The molecule has 1 atom stereocenters. The predicted octanol–water partition coefficient (Wildman–Crippen LogP) is 1.34. The number of ketones is 1. The van der Waals surface area contributed by atoms with Gasteiger partial charge in [-0.15, -0.1) is 0 Å². The van der Waals surface area contributed by atoms with Crippen molar-refractivity contribution in [3.05, 3.63) is 30.1 Å². The van der Waals surface area contributed by atoms with Gasteiger partial charge in [-0.25, -0.2) is 0 Å². The van der Waals surface area contributed by atoms with Gasteiger partial charge in [-0.2, -0.15) is 11.8 Å². The third-order valence-electron chi connectivity index (χ3n) is 1.89. The van der Waals surface area contributed by atoms with Gasteiger partial charge in [0.15, 0.2) is 5.78 Å². The van der Waals surface area contributed by atoms with Gasteiger partial charge in [0.2, 0.25) is 0 Å². The molecule has 0 radical (unpaired) electrons. The first-order valence-electron chi connectivity index (χ1n) is 4.45. The van der Waals surface area contributed by atoms with Crippen LogP contribution in [0.5, 0.6) is 0 Å². The van der Waals surface area contributed by atoms with Crippen LogP contribution in [-0.2, 0) is 0 Å². The minimum Gasteiger partial charge on any atom is -0.321 e. The third-order valence-corrected chi connectivity index (χ3v) is 2.53. The number of Topliss-reactive ketones (excluding diaryl/α,β-unsaturated/α-hetero) is 1. The van der Waals surface area contributed by atoms with Gasteiger partial charge in [-0.05, 0) is 30.6 Å². The molecule has 0 aliphatic rings. The van der Waals surface area contributed by atoms with Crippen LogP contribution in [0.25, 0.3) is 0 Å². The number of carbonyl (C=O) groups excluding carboxylic acids is 1. The molecule has 0 aliphatic carbocycles. The molecule has 1 heterocycles. The van der Waals surface area contributed by atoms with Crippen LogP contribution in [0.2, 0.25) is 0 Å². The van der Waals surface area contributed by atoms with Crippen LogP contribution in [0.15, 0.2) is 24.4 Å². The Hall–Kier alpha value is -0.870. The monoisotopic (exact) mass is 210 g/mol. The Morgan fingerprint density at radius 2 is 2.43 bits per heavy atom. The highest BCUT2D eigenvalue weighted by Crippen LogP contribution is 2.04. The molecule has 76 valence electrons. The van der Waals surface area contributed by atoms with Crippen LogP contribution in [0.1, 0.15) is 16.9 Å². The van der Waals surface area contributed by atoms with E-state index in [2.05, 4.69) is 4.98 Å². The van der Waals surface area contributed by atoms with Crippen molar-refractivity contribution in [3.63, 3.8) is 0 Å². The second-order valence-electron chi connectivity index (χ2n) is 2.97. The standard InChI is InChI=1S/C10H14N2OS/c1-14-7-5-8(11)10(13)9-4-2-3-6-12-9/h2-4,6,8H,5,7,11H2,1H3/t8-/m0/s1. The van der Waals surface area contributed by atoms with E-state index in [1.54, 1.807) is 36.2 Å². The maximum Gasteiger partial charge on any atom is 0.197 e. The molecule has 0 saturated carbocycles. The van der Waals surface area contributed by atoms with Crippen molar-refractivity contribution in [3.8, 4) is 0 Å². The molecule has 14 heavy (non-hydrogen) atoms. The zero-order valence-electron chi connectivity index (χ0n) is 8.14. The highest BCUT2D eigenvalue weighted by Gasteiger charge is 2.15. The van der Waals surface area contributed by atoms with E-state index < -0.39 is 6.04 Å². The van der Waals surface area contributed by atoms with Crippen LogP contribution in [0, 0.1) is 0 Å². The van der Waals surface area contributed by atoms with Gasteiger partial charge in [-0.3, -0.25) is 9.78 Å². The molecule has 4 heteroatoms. The summed E-state index contributed by atoms with van der Waals surface area (Å²) in [6.07, 6.45) is 4.31. The molecular weight excluding hydrogens is 196 g/mol. The van der Waals surface area contributed by atoms with Gasteiger partial charge in [0.1, 0.15) is 5.69 Å². The van der Waals surface area contributed by atoms with Gasteiger partial charge < -0.3 is 5.73 Å². The number of hydrogen-bond donors (Lipinski definition) is 1. The topological polar surface area (TPSA) is 56.0 Å². The zero-order chi connectivity index (χ0) is 10.4. The van der Waals surface area contributed by atoms with E-state index in [9.17, 15) is 4.79 Å². The average Bonchev–Trinajstić information content (AvgIpc) is 2.26. The Bertz CT molecular complexity index is 289. The summed E-state index contributed by atoms with van der Waals surface area (Å²) in [5.74, 6) is 0.833. The SMILES string of the molecule is CSCC[C@H](N)C(=O)c1ccccn1. The molecule has 0 spiro atoms. The molecule has 0 unspecified atom stereocenters. The lowest BCUT2D eigenvalue weighted by Crippen LogP contribution is -2.31. The molecule has 0 aromatic carbocycles. The first-order chi connectivity index (χ1) is 6.75. The normalized spacial score (nSPS) is 12.4. The van der Waals surface area contributed by atoms with Crippen LogP contribution < -0.4 is 5.73 Å². The van der Waals surface area contributed by atoms with Crippen molar-refractivity contribution < 1.29 is 4.79 Å². The zero-order valence-corrected chi connectivity index (χ0v) is 8.96. The summed E-state index contributed by atoms with van der Waals surface area (Å²) in [6, 6.07) is 4.85. The fourth-order valence-electron chi connectivity index (χ4n) is 1.07. The Labute approximate surface area is 88.1 Å². The summed E-state index contributed by atoms with van der Waals surface area (Å²) < 4.78 is 0. The number of pyridine rings is 1. The van der Waals surface area contributed by atoms with Crippen molar-refractivity contribution in [2.45, 2.75) is 12.5 Å². The molecular formula is C10H14N2OS. The van der Waals surface area contributed by atoms with Crippen LogP contribution in [0.3, 0.4) is 0 Å². The van der Waals surface area contributed by atoms with E-state index >= 15 is 0 Å². The Balaban J connectivity index is 2.57. The number of hydrogen-bond acceptors (Lipinski definition) is 4. The first kappa shape index (κ1) is 11.2. The van der Waals surface area contributed by atoms with Crippen LogP contribution in [-0.4, -0.2) is 28.8 Å².